The summed E-state index contributed by atoms with van der Waals surface area (Å²) >= 11 is 0. The molecule has 1 N–H and O–H groups in total. The Morgan fingerprint density at radius 3 is 2.29 bits per heavy atom. The Labute approximate surface area is 204 Å². The number of benzene rings is 2. The highest BCUT2D eigenvalue weighted by atomic mass is 32.2. The predicted octanol–water partition coefficient (Wildman–Crippen LogP) is 1.14. The molecule has 1 atom stereocenters. The van der Waals surface area contributed by atoms with Crippen molar-refractivity contribution in [1.29, 1.82) is 0 Å². The van der Waals surface area contributed by atoms with Gasteiger partial charge in [-0.3, -0.25) is 14.5 Å². The average molecular weight is 497 g/mol. The second-order valence-corrected chi connectivity index (χ2v) is 11.3. The van der Waals surface area contributed by atoms with Crippen LogP contribution in [0.5, 0.6) is 0 Å². The number of urea groups is 1. The van der Waals surface area contributed by atoms with E-state index in [-0.39, 0.29) is 50.3 Å². The number of nitrogens with zero attached hydrogens (tertiary/aromatic N) is 3. The molecule has 0 aromatic heterocycles. The number of carbonyl (C=O) groups excluding carboxylic acids is 3. The lowest BCUT2D eigenvalue weighted by Gasteiger charge is -2.35. The molecule has 0 bridgehead atoms. The third-order valence-corrected chi connectivity index (χ3v) is 9.00. The van der Waals surface area contributed by atoms with Crippen LogP contribution in [0.25, 0.3) is 0 Å². The molecule has 9 nitrogen and oxygen atoms in total. The number of fused-ring (bicyclic) bond motifs is 1. The standard InChI is InChI=1S/C25H28N4O5S/c30-22(27-12-14-28(15-13-27)35(33,34)18-19-6-2-1-3-7-19)17-29-23(31)25(26-24(29)32)11-10-20-8-4-5-9-21(20)16-25/h1-9H,10-18H2,(H,26,32). The van der Waals surface area contributed by atoms with E-state index < -0.39 is 21.6 Å². The van der Waals surface area contributed by atoms with Crippen LogP contribution in [0.4, 0.5) is 4.79 Å². The number of aryl methyl sites for hydroxylation is 1. The molecule has 2 heterocycles. The summed E-state index contributed by atoms with van der Waals surface area (Å²) in [5, 5.41) is 2.85. The van der Waals surface area contributed by atoms with E-state index in [0.29, 0.717) is 24.8 Å². The van der Waals surface area contributed by atoms with Gasteiger partial charge in [0.2, 0.25) is 15.9 Å². The molecule has 2 saturated heterocycles. The molecule has 35 heavy (non-hydrogen) atoms. The van der Waals surface area contributed by atoms with E-state index in [0.717, 1.165) is 10.5 Å². The van der Waals surface area contributed by atoms with Gasteiger partial charge >= 0.3 is 6.03 Å². The molecule has 2 aliphatic heterocycles. The first kappa shape index (κ1) is 23.5. The Hall–Kier alpha value is -3.24. The SMILES string of the molecule is O=C(CN1C(=O)NC2(CCc3ccccc3C2)C1=O)N1CCN(S(=O)(=O)Cc2ccccc2)CC1. The molecule has 2 aromatic carbocycles. The number of hydrogen-bond acceptors (Lipinski definition) is 5. The maximum Gasteiger partial charge on any atom is 0.325 e. The molecule has 2 fully saturated rings. The normalized spacial score (nSPS) is 22.9. The zero-order valence-corrected chi connectivity index (χ0v) is 20.2. The Balaban J connectivity index is 1.19. The summed E-state index contributed by atoms with van der Waals surface area (Å²) in [6.45, 7) is 0.457. The van der Waals surface area contributed by atoms with Gasteiger partial charge in [-0.15, -0.1) is 0 Å². The Kier molecular flexibility index (Phi) is 6.10. The maximum absolute atomic E-state index is 13.3. The minimum absolute atomic E-state index is 0.0878. The van der Waals surface area contributed by atoms with Gasteiger partial charge in [0, 0.05) is 32.6 Å². The zero-order valence-electron chi connectivity index (χ0n) is 19.4. The molecule has 1 unspecified atom stereocenters. The fourth-order valence-electron chi connectivity index (χ4n) is 5.17. The van der Waals surface area contributed by atoms with Gasteiger partial charge < -0.3 is 10.2 Å². The first-order valence-electron chi connectivity index (χ1n) is 11.8. The largest absolute Gasteiger partial charge is 0.338 e. The highest BCUT2D eigenvalue weighted by Crippen LogP contribution is 2.33. The molecule has 10 heteroatoms. The number of carbonyl (C=O) groups is 3. The molecule has 1 spiro atoms. The van der Waals surface area contributed by atoms with Crippen molar-refractivity contribution in [2.75, 3.05) is 32.7 Å². The van der Waals surface area contributed by atoms with E-state index in [9.17, 15) is 22.8 Å². The fraction of sp³-hybridized carbons (Fsp3) is 0.400. The molecule has 184 valence electrons. The lowest BCUT2D eigenvalue weighted by atomic mass is 9.78. The van der Waals surface area contributed by atoms with Crippen molar-refractivity contribution >= 4 is 27.9 Å². The third-order valence-electron chi connectivity index (χ3n) is 7.15. The van der Waals surface area contributed by atoms with Gasteiger partial charge in [-0.2, -0.15) is 4.31 Å². The highest BCUT2D eigenvalue weighted by molar-refractivity contribution is 7.88. The summed E-state index contributed by atoms with van der Waals surface area (Å²) < 4.78 is 26.9. The molecule has 1 aliphatic carbocycles. The van der Waals surface area contributed by atoms with Gasteiger partial charge in [0.25, 0.3) is 5.91 Å². The summed E-state index contributed by atoms with van der Waals surface area (Å²) in [6.07, 6.45) is 1.59. The van der Waals surface area contributed by atoms with Gasteiger partial charge in [-0.1, -0.05) is 54.6 Å². The molecule has 0 saturated carbocycles. The molecule has 0 radical (unpaired) electrons. The fourth-order valence-corrected chi connectivity index (χ4v) is 6.69. The molecule has 2 aromatic rings. The van der Waals surface area contributed by atoms with Gasteiger partial charge in [0.05, 0.1) is 5.75 Å². The minimum Gasteiger partial charge on any atom is -0.338 e. The number of sulfonamides is 1. The smallest absolute Gasteiger partial charge is 0.325 e. The second kappa shape index (κ2) is 9.09. The van der Waals surface area contributed by atoms with Gasteiger partial charge in [-0.05, 0) is 29.5 Å². The first-order chi connectivity index (χ1) is 16.8. The molecule has 4 amide bonds. The lowest BCUT2D eigenvalue weighted by Crippen LogP contribution is -2.54. The Morgan fingerprint density at radius 2 is 1.57 bits per heavy atom. The van der Waals surface area contributed by atoms with Gasteiger partial charge in [-0.25, -0.2) is 13.2 Å². The van der Waals surface area contributed by atoms with Crippen LogP contribution in [0.2, 0.25) is 0 Å². The maximum atomic E-state index is 13.3. The first-order valence-corrected chi connectivity index (χ1v) is 13.4. The molecule has 3 aliphatic rings. The Bertz CT molecular complexity index is 1260. The summed E-state index contributed by atoms with van der Waals surface area (Å²) in [4.78, 5) is 41.4. The van der Waals surface area contributed by atoms with Crippen LogP contribution in [0.3, 0.4) is 0 Å². The number of amides is 4. The van der Waals surface area contributed by atoms with E-state index in [4.69, 9.17) is 0 Å². The van der Waals surface area contributed by atoms with E-state index in [1.807, 2.05) is 30.3 Å². The second-order valence-electron chi connectivity index (χ2n) is 9.37. The predicted molar refractivity (Wildman–Crippen MR) is 129 cm³/mol. The summed E-state index contributed by atoms with van der Waals surface area (Å²) in [5.74, 6) is -0.814. The van der Waals surface area contributed by atoms with E-state index in [1.165, 1.54) is 14.8 Å². The van der Waals surface area contributed by atoms with E-state index >= 15 is 0 Å². The van der Waals surface area contributed by atoms with E-state index in [1.54, 1.807) is 24.3 Å². The van der Waals surface area contributed by atoms with Crippen molar-refractivity contribution < 1.29 is 22.8 Å². The zero-order chi connectivity index (χ0) is 24.6. The van der Waals surface area contributed by atoms with Crippen molar-refractivity contribution in [3.05, 3.63) is 71.3 Å². The minimum atomic E-state index is -3.50. The highest BCUT2D eigenvalue weighted by Gasteiger charge is 2.52. The van der Waals surface area contributed by atoms with Crippen LogP contribution >= 0.6 is 0 Å². The van der Waals surface area contributed by atoms with Crippen molar-refractivity contribution in [1.82, 2.24) is 19.4 Å². The molecular weight excluding hydrogens is 468 g/mol. The van der Waals surface area contributed by atoms with Crippen LogP contribution < -0.4 is 5.32 Å². The molecule has 5 rings (SSSR count). The summed E-state index contributed by atoms with van der Waals surface area (Å²) in [5.41, 5.74) is 1.92. The number of piperazine rings is 1. The van der Waals surface area contributed by atoms with Crippen LogP contribution in [-0.2, 0) is 38.2 Å². The number of hydrogen-bond donors (Lipinski definition) is 1. The number of imide groups is 1. The van der Waals surface area contributed by atoms with Crippen LogP contribution in [0.1, 0.15) is 23.1 Å². The number of rotatable bonds is 5. The van der Waals surface area contributed by atoms with Crippen LogP contribution in [0, 0.1) is 0 Å². The lowest BCUT2D eigenvalue weighted by molar-refractivity contribution is -0.139. The van der Waals surface area contributed by atoms with Crippen molar-refractivity contribution in [3.63, 3.8) is 0 Å². The van der Waals surface area contributed by atoms with Gasteiger partial charge in [0.15, 0.2) is 0 Å². The topological polar surface area (TPSA) is 107 Å². The monoisotopic (exact) mass is 496 g/mol. The van der Waals surface area contributed by atoms with Gasteiger partial charge in [0.1, 0.15) is 12.1 Å². The molecular formula is C25H28N4O5S. The van der Waals surface area contributed by atoms with Crippen molar-refractivity contribution in [2.24, 2.45) is 0 Å². The summed E-state index contributed by atoms with van der Waals surface area (Å²) in [6, 6.07) is 16.3. The quantitative estimate of drug-likeness (QED) is 0.625. The van der Waals surface area contributed by atoms with Crippen molar-refractivity contribution in [2.45, 2.75) is 30.6 Å². The van der Waals surface area contributed by atoms with Crippen LogP contribution in [-0.4, -0.2) is 78.6 Å². The Morgan fingerprint density at radius 1 is 0.914 bits per heavy atom. The number of nitrogens with one attached hydrogen (secondary N) is 1. The average Bonchev–Trinajstić information content (AvgIpc) is 3.08. The van der Waals surface area contributed by atoms with Crippen LogP contribution in [0.15, 0.2) is 54.6 Å². The summed E-state index contributed by atoms with van der Waals surface area (Å²) in [7, 11) is -3.50. The van der Waals surface area contributed by atoms with E-state index in [2.05, 4.69) is 5.32 Å². The third kappa shape index (κ3) is 4.55. The van der Waals surface area contributed by atoms with Crippen molar-refractivity contribution in [3.8, 4) is 0 Å².